The van der Waals surface area contributed by atoms with Crippen LogP contribution in [-0.2, 0) is 10.0 Å². The Morgan fingerprint density at radius 2 is 2.10 bits per heavy atom. The third-order valence-electron chi connectivity index (χ3n) is 2.62. The molecular weight excluding hydrogens is 309 g/mol. The van der Waals surface area contributed by atoms with Gasteiger partial charge in [0.25, 0.3) is 0 Å². The Bertz CT molecular complexity index is 618. The summed E-state index contributed by atoms with van der Waals surface area (Å²) >= 11 is 5.49. The molecule has 0 aliphatic heterocycles. The van der Waals surface area contributed by atoms with Crippen LogP contribution < -0.4 is 4.72 Å². The maximum atomic E-state index is 13.5. The standard InChI is InChI=1S/C12H15ClFNO4S/c1-3-4-7(2)15-20(18,19)8-5-9(12(16)17)11(13)10(14)6-8/h5-7,15H,3-4H2,1-2H3,(H,16,17). The van der Waals surface area contributed by atoms with Crippen molar-refractivity contribution in [3.63, 3.8) is 0 Å². The first-order chi connectivity index (χ1) is 9.19. The fourth-order valence-corrected chi connectivity index (χ4v) is 3.21. The Balaban J connectivity index is 3.22. The van der Waals surface area contributed by atoms with Gasteiger partial charge in [-0.2, -0.15) is 0 Å². The molecule has 0 heterocycles. The number of carbonyl (C=O) groups is 1. The van der Waals surface area contributed by atoms with Crippen LogP contribution in [-0.4, -0.2) is 25.5 Å². The first-order valence-electron chi connectivity index (χ1n) is 5.93. The first-order valence-corrected chi connectivity index (χ1v) is 7.79. The van der Waals surface area contributed by atoms with Crippen molar-refractivity contribution in [3.05, 3.63) is 28.5 Å². The van der Waals surface area contributed by atoms with Gasteiger partial charge in [0.15, 0.2) is 0 Å². The van der Waals surface area contributed by atoms with Crippen molar-refractivity contribution in [3.8, 4) is 0 Å². The van der Waals surface area contributed by atoms with Crippen LogP contribution in [0.3, 0.4) is 0 Å². The number of sulfonamides is 1. The molecule has 1 aromatic carbocycles. The molecule has 5 nitrogen and oxygen atoms in total. The number of hydrogen-bond donors (Lipinski definition) is 2. The van der Waals surface area contributed by atoms with E-state index >= 15 is 0 Å². The summed E-state index contributed by atoms with van der Waals surface area (Å²) in [4.78, 5) is 10.5. The van der Waals surface area contributed by atoms with Crippen molar-refractivity contribution >= 4 is 27.6 Å². The lowest BCUT2D eigenvalue weighted by molar-refractivity contribution is 0.0696. The van der Waals surface area contributed by atoms with Crippen LogP contribution in [0.2, 0.25) is 5.02 Å². The van der Waals surface area contributed by atoms with Gasteiger partial charge in [0, 0.05) is 6.04 Å². The van der Waals surface area contributed by atoms with Gasteiger partial charge in [-0.25, -0.2) is 22.3 Å². The molecule has 2 N–H and O–H groups in total. The van der Waals surface area contributed by atoms with Gasteiger partial charge in [-0.05, 0) is 25.5 Å². The van der Waals surface area contributed by atoms with Gasteiger partial charge in [-0.1, -0.05) is 24.9 Å². The van der Waals surface area contributed by atoms with Crippen LogP contribution in [0.25, 0.3) is 0 Å². The molecule has 20 heavy (non-hydrogen) atoms. The lowest BCUT2D eigenvalue weighted by Gasteiger charge is -2.14. The fourth-order valence-electron chi connectivity index (χ4n) is 1.70. The minimum atomic E-state index is -3.99. The topological polar surface area (TPSA) is 83.5 Å². The zero-order valence-corrected chi connectivity index (χ0v) is 12.6. The molecule has 1 aromatic rings. The lowest BCUT2D eigenvalue weighted by atomic mass is 10.2. The van der Waals surface area contributed by atoms with Crippen LogP contribution in [0.5, 0.6) is 0 Å². The second-order valence-corrected chi connectivity index (χ2v) is 6.47. The summed E-state index contributed by atoms with van der Waals surface area (Å²) < 4.78 is 40.0. The highest BCUT2D eigenvalue weighted by Crippen LogP contribution is 2.24. The zero-order chi connectivity index (χ0) is 15.5. The van der Waals surface area contributed by atoms with Gasteiger partial charge in [0.05, 0.1) is 15.5 Å². The number of nitrogens with one attached hydrogen (secondary N) is 1. The molecule has 0 amide bonds. The molecular formula is C12H15ClFNO4S. The van der Waals surface area contributed by atoms with Crippen LogP contribution in [0, 0.1) is 5.82 Å². The summed E-state index contributed by atoms with van der Waals surface area (Å²) in [6.45, 7) is 3.57. The van der Waals surface area contributed by atoms with E-state index in [0.717, 1.165) is 12.5 Å². The first kappa shape index (κ1) is 16.9. The van der Waals surface area contributed by atoms with E-state index in [1.165, 1.54) is 0 Å². The molecule has 0 spiro atoms. The van der Waals surface area contributed by atoms with Crippen LogP contribution in [0.15, 0.2) is 17.0 Å². The number of benzene rings is 1. The predicted molar refractivity (Wildman–Crippen MR) is 73.1 cm³/mol. The van der Waals surface area contributed by atoms with Crippen LogP contribution >= 0.6 is 11.6 Å². The molecule has 0 bridgehead atoms. The molecule has 112 valence electrons. The monoisotopic (exact) mass is 323 g/mol. The number of carboxylic acid groups (broad SMARTS) is 1. The highest BCUT2D eigenvalue weighted by atomic mass is 35.5. The van der Waals surface area contributed by atoms with E-state index in [1.54, 1.807) is 6.92 Å². The molecule has 0 aliphatic carbocycles. The number of aromatic carboxylic acids is 1. The normalized spacial score (nSPS) is 13.2. The van der Waals surface area contributed by atoms with E-state index < -0.39 is 37.3 Å². The molecule has 0 aliphatic rings. The SMILES string of the molecule is CCCC(C)NS(=O)(=O)c1cc(F)c(Cl)c(C(=O)O)c1. The highest BCUT2D eigenvalue weighted by Gasteiger charge is 2.23. The molecule has 0 saturated heterocycles. The quantitative estimate of drug-likeness (QED) is 0.843. The smallest absolute Gasteiger partial charge is 0.337 e. The van der Waals surface area contributed by atoms with E-state index in [2.05, 4.69) is 4.72 Å². The number of hydrogen-bond acceptors (Lipinski definition) is 3. The lowest BCUT2D eigenvalue weighted by Crippen LogP contribution is -2.32. The van der Waals surface area contributed by atoms with E-state index in [9.17, 15) is 17.6 Å². The second-order valence-electron chi connectivity index (χ2n) is 4.38. The Hall–Kier alpha value is -1.18. The predicted octanol–water partition coefficient (Wildman–Crippen LogP) is 2.64. The average molecular weight is 324 g/mol. The summed E-state index contributed by atoms with van der Waals surface area (Å²) in [5.41, 5.74) is -0.588. The Morgan fingerprint density at radius 3 is 2.60 bits per heavy atom. The Kier molecular flexibility index (Phi) is 5.50. The highest BCUT2D eigenvalue weighted by molar-refractivity contribution is 7.89. The van der Waals surface area contributed by atoms with E-state index in [0.29, 0.717) is 12.5 Å². The second kappa shape index (κ2) is 6.51. The zero-order valence-electron chi connectivity index (χ0n) is 11.0. The van der Waals surface area contributed by atoms with Crippen molar-refractivity contribution in [2.45, 2.75) is 37.6 Å². The molecule has 8 heteroatoms. The minimum absolute atomic E-state index is 0.336. The molecule has 0 radical (unpaired) electrons. The van der Waals surface area contributed by atoms with Gasteiger partial charge >= 0.3 is 5.97 Å². The van der Waals surface area contributed by atoms with E-state index in [4.69, 9.17) is 16.7 Å². The van der Waals surface area contributed by atoms with Gasteiger partial charge in [0.1, 0.15) is 5.82 Å². The van der Waals surface area contributed by atoms with E-state index in [1.807, 2.05) is 6.92 Å². The van der Waals surface area contributed by atoms with Crippen molar-refractivity contribution in [1.82, 2.24) is 4.72 Å². The van der Waals surface area contributed by atoms with Gasteiger partial charge in [0.2, 0.25) is 10.0 Å². The number of carboxylic acids is 1. The van der Waals surface area contributed by atoms with E-state index in [-0.39, 0.29) is 6.04 Å². The molecule has 1 unspecified atom stereocenters. The summed E-state index contributed by atoms with van der Waals surface area (Å²) in [7, 11) is -3.99. The van der Waals surface area contributed by atoms with Crippen molar-refractivity contribution in [1.29, 1.82) is 0 Å². The van der Waals surface area contributed by atoms with Crippen molar-refractivity contribution in [2.24, 2.45) is 0 Å². The van der Waals surface area contributed by atoms with Gasteiger partial charge in [-0.15, -0.1) is 0 Å². The molecule has 0 aromatic heterocycles. The maximum Gasteiger partial charge on any atom is 0.337 e. The van der Waals surface area contributed by atoms with Gasteiger partial charge < -0.3 is 5.11 Å². The summed E-state index contributed by atoms with van der Waals surface area (Å²) in [5, 5.41) is 8.27. The molecule has 0 saturated carbocycles. The minimum Gasteiger partial charge on any atom is -0.478 e. The summed E-state index contributed by atoms with van der Waals surface area (Å²) in [6.07, 6.45) is 1.39. The Morgan fingerprint density at radius 1 is 1.50 bits per heavy atom. The van der Waals surface area contributed by atoms with Gasteiger partial charge in [-0.3, -0.25) is 0 Å². The summed E-state index contributed by atoms with van der Waals surface area (Å²) in [6, 6.07) is 1.21. The third kappa shape index (κ3) is 3.91. The Labute approximate surface area is 121 Å². The van der Waals surface area contributed by atoms with Crippen molar-refractivity contribution in [2.75, 3.05) is 0 Å². The number of rotatable bonds is 6. The fraction of sp³-hybridized carbons (Fsp3) is 0.417. The molecule has 1 rings (SSSR count). The number of halogens is 2. The maximum absolute atomic E-state index is 13.5. The third-order valence-corrected chi connectivity index (χ3v) is 4.57. The average Bonchev–Trinajstić information content (AvgIpc) is 2.31. The molecule has 0 fully saturated rings. The summed E-state index contributed by atoms with van der Waals surface area (Å²) in [5.74, 6) is -2.58. The van der Waals surface area contributed by atoms with Crippen LogP contribution in [0.1, 0.15) is 37.0 Å². The van der Waals surface area contributed by atoms with Crippen molar-refractivity contribution < 1.29 is 22.7 Å². The molecule has 1 atom stereocenters. The largest absolute Gasteiger partial charge is 0.478 e. The van der Waals surface area contributed by atoms with Crippen LogP contribution in [0.4, 0.5) is 4.39 Å².